The molecule has 0 saturated heterocycles. The van der Waals surface area contributed by atoms with Gasteiger partial charge in [0.05, 0.1) is 0 Å². The van der Waals surface area contributed by atoms with Crippen molar-refractivity contribution in [3.05, 3.63) is 0 Å². The van der Waals surface area contributed by atoms with Gasteiger partial charge in [-0.1, -0.05) is 18.0 Å². The largest absolute Gasteiger partial charge is 0.642 e. The van der Waals surface area contributed by atoms with Gasteiger partial charge in [0.1, 0.15) is 0 Å². The highest BCUT2D eigenvalue weighted by Crippen LogP contribution is 1.86. The van der Waals surface area contributed by atoms with Crippen LogP contribution in [0, 0.1) is 0 Å². The molecule has 0 aromatic carbocycles. The first kappa shape index (κ1) is 7.02. The Kier molecular flexibility index (Phi) is 4.91. The summed E-state index contributed by atoms with van der Waals surface area (Å²) in [6.07, 6.45) is 0. The molecule has 6 heavy (non-hydrogen) atoms. The van der Waals surface area contributed by atoms with Crippen LogP contribution in [0.2, 0.25) is 11.1 Å². The average Bonchev–Trinajstić information content (AvgIpc) is 1.65. The van der Waals surface area contributed by atoms with Crippen molar-refractivity contribution in [3.63, 3.8) is 0 Å². The SMILES string of the molecule is C[CH2][Al]([CH3])[O][AlH2]. The molecule has 0 rings (SSSR count). The third-order valence-corrected chi connectivity index (χ3v) is 5.35. The zero-order valence-electron chi connectivity index (χ0n) is 4.69. The predicted octanol–water partition coefficient (Wildman–Crippen LogP) is 0.192. The maximum absolute atomic E-state index is 5.18. The maximum Gasteiger partial charge on any atom is 0.426 e. The van der Waals surface area contributed by atoms with Gasteiger partial charge in [0, 0.05) is 0 Å². The Morgan fingerprint density at radius 2 is 2.33 bits per heavy atom. The van der Waals surface area contributed by atoms with Crippen LogP contribution < -0.4 is 0 Å². The van der Waals surface area contributed by atoms with Gasteiger partial charge in [-0.05, 0) is 0 Å². The second-order valence-electron chi connectivity index (χ2n) is 1.45. The molecule has 0 aliphatic heterocycles. The second-order valence-corrected chi connectivity index (χ2v) is 5.78. The summed E-state index contributed by atoms with van der Waals surface area (Å²) in [4.78, 5) is 0. The molecular weight excluding hydrogens is 106 g/mol. The van der Waals surface area contributed by atoms with E-state index in [1.807, 2.05) is 0 Å². The minimum atomic E-state index is -0.599. The Morgan fingerprint density at radius 1 is 1.83 bits per heavy atom. The van der Waals surface area contributed by atoms with E-state index in [0.717, 1.165) is 16.6 Å². The van der Waals surface area contributed by atoms with Crippen LogP contribution in [0.4, 0.5) is 0 Å². The number of rotatable bonds is 2. The van der Waals surface area contributed by atoms with Crippen LogP contribution in [0.15, 0.2) is 0 Å². The molecular formula is C3H10Al2O. The summed E-state index contributed by atoms with van der Waals surface area (Å²) in [7, 11) is 0. The molecule has 1 nitrogen and oxygen atoms in total. The standard InChI is InChI=1S/C2H5.CH3.2Al.O.2H/c1-2;;;;;;/h1H2,2H3;1H3;;;;;. The molecule has 0 N–H and O–H groups in total. The Hall–Kier alpha value is 1.02. The zero-order valence-corrected chi connectivity index (χ0v) is 7.85. The summed E-state index contributed by atoms with van der Waals surface area (Å²) in [5.41, 5.74) is 0. The van der Waals surface area contributed by atoms with Gasteiger partial charge in [0.25, 0.3) is 0 Å². The molecule has 0 unspecified atom stereocenters. The van der Waals surface area contributed by atoms with Crippen molar-refractivity contribution < 1.29 is 2.84 Å². The molecule has 0 atom stereocenters. The fourth-order valence-corrected chi connectivity index (χ4v) is 1.50. The molecule has 0 aromatic heterocycles. The van der Waals surface area contributed by atoms with Crippen molar-refractivity contribution in [2.45, 2.75) is 18.0 Å². The van der Waals surface area contributed by atoms with Crippen LogP contribution in [0.5, 0.6) is 0 Å². The first-order valence-electron chi connectivity index (χ1n) is 2.34. The molecule has 0 aliphatic rings. The van der Waals surface area contributed by atoms with Crippen LogP contribution in [-0.4, -0.2) is 31.1 Å². The van der Waals surface area contributed by atoms with Gasteiger partial charge in [-0.3, -0.25) is 0 Å². The summed E-state index contributed by atoms with van der Waals surface area (Å²) in [6, 6.07) is 0. The molecule has 3 heteroatoms. The summed E-state index contributed by atoms with van der Waals surface area (Å²) in [5.74, 6) is 2.23. The van der Waals surface area contributed by atoms with Crippen molar-refractivity contribution in [2.75, 3.05) is 0 Å². The van der Waals surface area contributed by atoms with Crippen molar-refractivity contribution in [1.82, 2.24) is 0 Å². The maximum atomic E-state index is 5.18. The normalized spacial score (nSPS) is 8.33. The van der Waals surface area contributed by atoms with Crippen LogP contribution >= 0.6 is 0 Å². The fourth-order valence-electron chi connectivity index (χ4n) is 0.167. The van der Waals surface area contributed by atoms with Crippen molar-refractivity contribution in [1.29, 1.82) is 0 Å². The number of hydrogen-bond donors (Lipinski definition) is 0. The van der Waals surface area contributed by atoms with E-state index in [2.05, 4.69) is 12.7 Å². The molecule has 0 amide bonds. The minimum absolute atomic E-state index is 0.599. The van der Waals surface area contributed by atoms with Gasteiger partial charge < -0.3 is 2.84 Å². The minimum Gasteiger partial charge on any atom is -0.642 e. The lowest BCUT2D eigenvalue weighted by Gasteiger charge is -1.96. The van der Waals surface area contributed by atoms with Crippen molar-refractivity contribution in [3.8, 4) is 0 Å². The summed E-state index contributed by atoms with van der Waals surface area (Å²) in [6.45, 7) is 2.19. The van der Waals surface area contributed by atoms with E-state index in [1.165, 1.54) is 5.28 Å². The van der Waals surface area contributed by atoms with Gasteiger partial charge in [-0.15, -0.1) is 0 Å². The van der Waals surface area contributed by atoms with Crippen LogP contribution in [-0.2, 0) is 2.84 Å². The third-order valence-electron chi connectivity index (χ3n) is 0.977. The zero-order chi connectivity index (χ0) is 4.99. The van der Waals surface area contributed by atoms with Gasteiger partial charge in [0.15, 0.2) is 0 Å². The highest BCUT2D eigenvalue weighted by atomic mass is 27.2. The quantitative estimate of drug-likeness (QED) is 0.468. The van der Waals surface area contributed by atoms with Gasteiger partial charge in [-0.25, -0.2) is 0 Å². The predicted molar refractivity (Wildman–Crippen MR) is 31.7 cm³/mol. The van der Waals surface area contributed by atoms with E-state index >= 15 is 0 Å². The molecule has 0 radical (unpaired) electrons. The lowest BCUT2D eigenvalue weighted by Crippen LogP contribution is -2.07. The van der Waals surface area contributed by atoms with E-state index < -0.39 is 14.5 Å². The van der Waals surface area contributed by atoms with Crippen molar-refractivity contribution in [2.24, 2.45) is 0 Å². The highest BCUT2D eigenvalue weighted by Gasteiger charge is 2.02. The number of hydrogen-bond acceptors (Lipinski definition) is 1. The fraction of sp³-hybridized carbons (Fsp3) is 1.00. The topological polar surface area (TPSA) is 9.23 Å². The van der Waals surface area contributed by atoms with E-state index in [9.17, 15) is 0 Å². The molecule has 0 aliphatic carbocycles. The van der Waals surface area contributed by atoms with Crippen LogP contribution in [0.1, 0.15) is 6.92 Å². The molecule has 0 heterocycles. The lowest BCUT2D eigenvalue weighted by molar-refractivity contribution is 0.638. The first-order valence-corrected chi connectivity index (χ1v) is 5.60. The van der Waals surface area contributed by atoms with E-state index in [0.29, 0.717) is 0 Å². The molecule has 0 bridgehead atoms. The summed E-state index contributed by atoms with van der Waals surface area (Å²) >= 11 is 0.345. The van der Waals surface area contributed by atoms with Crippen LogP contribution in [0.3, 0.4) is 0 Å². The van der Waals surface area contributed by atoms with Crippen molar-refractivity contribution >= 4 is 31.1 Å². The molecule has 0 spiro atoms. The molecule has 0 saturated carbocycles. The first-order chi connectivity index (χ1) is 2.81. The second kappa shape index (κ2) is 4.19. The molecule has 34 valence electrons. The van der Waals surface area contributed by atoms with Gasteiger partial charge in [0.2, 0.25) is 0 Å². The van der Waals surface area contributed by atoms with Gasteiger partial charge in [-0.2, -0.15) is 0 Å². The van der Waals surface area contributed by atoms with Crippen LogP contribution in [0.25, 0.3) is 0 Å². The molecule has 0 fully saturated rings. The Morgan fingerprint density at radius 3 is 2.33 bits per heavy atom. The van der Waals surface area contributed by atoms with E-state index in [4.69, 9.17) is 2.84 Å². The third kappa shape index (κ3) is 3.22. The monoisotopic (exact) mass is 116 g/mol. The smallest absolute Gasteiger partial charge is 0.426 e. The average molecular weight is 116 g/mol. The highest BCUT2D eigenvalue weighted by molar-refractivity contribution is 6.53. The van der Waals surface area contributed by atoms with E-state index in [1.54, 1.807) is 0 Å². The summed E-state index contributed by atoms with van der Waals surface area (Å²) < 4.78 is 5.18. The Balaban J connectivity index is 2.75. The lowest BCUT2D eigenvalue weighted by atomic mass is 11.0. The Labute approximate surface area is 52.2 Å². The summed E-state index contributed by atoms with van der Waals surface area (Å²) in [5, 5.41) is 1.28. The molecule has 0 aromatic rings. The van der Waals surface area contributed by atoms with Gasteiger partial charge >= 0.3 is 31.1 Å². The van der Waals surface area contributed by atoms with E-state index in [-0.39, 0.29) is 0 Å². The Bertz CT molecular complexity index is 28.0.